The lowest BCUT2D eigenvalue weighted by Crippen LogP contribution is -2.26. The molecule has 1 aromatic heterocycles. The highest BCUT2D eigenvalue weighted by atomic mass is 32.2. The first-order valence-electron chi connectivity index (χ1n) is 6.92. The standard InChI is InChI=1S/C15H18N2O4S2/c1-16-23(19,20)15-8-7-13(22-15)9-17-14(18)11-21-10-12-5-3-2-4-6-12/h2-8,16H,9-11H2,1H3,(H,17,18). The SMILES string of the molecule is CNS(=O)(=O)c1ccc(CNC(=O)COCc2ccccc2)s1. The lowest BCUT2D eigenvalue weighted by Gasteiger charge is -2.05. The zero-order valence-corrected chi connectivity index (χ0v) is 14.2. The van der Waals surface area contributed by atoms with Crippen LogP contribution in [-0.4, -0.2) is 28.0 Å². The van der Waals surface area contributed by atoms with Crippen LogP contribution in [0.15, 0.2) is 46.7 Å². The second-order valence-corrected chi connectivity index (χ2v) is 7.97. The summed E-state index contributed by atoms with van der Waals surface area (Å²) in [6.07, 6.45) is 0. The summed E-state index contributed by atoms with van der Waals surface area (Å²) in [5, 5.41) is 2.70. The van der Waals surface area contributed by atoms with Crippen molar-refractivity contribution in [2.75, 3.05) is 13.7 Å². The molecule has 1 heterocycles. The van der Waals surface area contributed by atoms with E-state index < -0.39 is 10.0 Å². The first kappa shape index (κ1) is 17.6. The van der Waals surface area contributed by atoms with Crippen LogP contribution in [-0.2, 0) is 32.7 Å². The predicted octanol–water partition coefficient (Wildman–Crippen LogP) is 1.49. The summed E-state index contributed by atoms with van der Waals surface area (Å²) in [7, 11) is -2.07. The molecule has 2 rings (SSSR count). The molecule has 0 radical (unpaired) electrons. The highest BCUT2D eigenvalue weighted by Gasteiger charge is 2.14. The van der Waals surface area contributed by atoms with Crippen molar-refractivity contribution in [3.8, 4) is 0 Å². The Morgan fingerprint density at radius 2 is 1.91 bits per heavy atom. The third-order valence-electron chi connectivity index (χ3n) is 2.98. The van der Waals surface area contributed by atoms with Crippen molar-refractivity contribution in [2.24, 2.45) is 0 Å². The number of carbonyl (C=O) groups is 1. The van der Waals surface area contributed by atoms with Crippen LogP contribution in [0.4, 0.5) is 0 Å². The van der Waals surface area contributed by atoms with Crippen LogP contribution < -0.4 is 10.0 Å². The molecule has 1 aromatic carbocycles. The van der Waals surface area contributed by atoms with Gasteiger partial charge in [-0.2, -0.15) is 0 Å². The predicted molar refractivity (Wildman–Crippen MR) is 88.5 cm³/mol. The molecule has 0 aliphatic carbocycles. The maximum Gasteiger partial charge on any atom is 0.249 e. The molecule has 1 amide bonds. The molecule has 23 heavy (non-hydrogen) atoms. The van der Waals surface area contributed by atoms with E-state index >= 15 is 0 Å². The summed E-state index contributed by atoms with van der Waals surface area (Å²) >= 11 is 1.12. The van der Waals surface area contributed by atoms with Crippen molar-refractivity contribution >= 4 is 27.3 Å². The number of ether oxygens (including phenoxy) is 1. The number of thiophene rings is 1. The number of amides is 1. The average molecular weight is 354 g/mol. The van der Waals surface area contributed by atoms with E-state index in [1.54, 1.807) is 6.07 Å². The van der Waals surface area contributed by atoms with Gasteiger partial charge in [0.1, 0.15) is 10.8 Å². The van der Waals surface area contributed by atoms with Crippen molar-refractivity contribution in [3.05, 3.63) is 52.9 Å². The van der Waals surface area contributed by atoms with Gasteiger partial charge in [-0.25, -0.2) is 13.1 Å². The second kappa shape index (κ2) is 8.21. The number of rotatable bonds is 8. The Morgan fingerprint density at radius 3 is 2.61 bits per heavy atom. The van der Waals surface area contributed by atoms with Gasteiger partial charge in [0, 0.05) is 4.88 Å². The summed E-state index contributed by atoms with van der Waals surface area (Å²) in [5.41, 5.74) is 1.00. The van der Waals surface area contributed by atoms with Crippen molar-refractivity contribution in [2.45, 2.75) is 17.4 Å². The second-order valence-electron chi connectivity index (χ2n) is 4.68. The molecule has 0 saturated heterocycles. The highest BCUT2D eigenvalue weighted by Crippen LogP contribution is 2.20. The first-order chi connectivity index (χ1) is 11.0. The molecule has 0 saturated carbocycles. The number of nitrogens with one attached hydrogen (secondary N) is 2. The lowest BCUT2D eigenvalue weighted by atomic mass is 10.2. The van der Waals surface area contributed by atoms with Crippen LogP contribution in [0, 0.1) is 0 Å². The normalized spacial score (nSPS) is 11.3. The zero-order chi connectivity index (χ0) is 16.7. The van der Waals surface area contributed by atoms with Gasteiger partial charge in [0.25, 0.3) is 0 Å². The summed E-state index contributed by atoms with van der Waals surface area (Å²) in [6.45, 7) is 0.608. The van der Waals surface area contributed by atoms with Crippen molar-refractivity contribution in [1.82, 2.24) is 10.0 Å². The minimum Gasteiger partial charge on any atom is -0.367 e. The number of hydrogen-bond donors (Lipinski definition) is 2. The van der Waals surface area contributed by atoms with Crippen LogP contribution >= 0.6 is 11.3 Å². The van der Waals surface area contributed by atoms with Gasteiger partial charge in [-0.1, -0.05) is 30.3 Å². The van der Waals surface area contributed by atoms with Gasteiger partial charge in [0.05, 0.1) is 13.2 Å². The summed E-state index contributed by atoms with van der Waals surface area (Å²) in [5.74, 6) is -0.243. The molecule has 0 unspecified atom stereocenters. The van der Waals surface area contributed by atoms with Gasteiger partial charge >= 0.3 is 0 Å². The minimum atomic E-state index is -3.43. The van der Waals surface area contributed by atoms with E-state index in [1.165, 1.54) is 13.1 Å². The van der Waals surface area contributed by atoms with E-state index in [9.17, 15) is 13.2 Å². The van der Waals surface area contributed by atoms with E-state index in [0.717, 1.165) is 21.8 Å². The molecule has 2 aromatic rings. The Balaban J connectivity index is 1.74. The zero-order valence-electron chi connectivity index (χ0n) is 12.6. The smallest absolute Gasteiger partial charge is 0.249 e. The number of benzene rings is 1. The van der Waals surface area contributed by atoms with Gasteiger partial charge < -0.3 is 10.1 Å². The van der Waals surface area contributed by atoms with Gasteiger partial charge in [-0.05, 0) is 24.7 Å². The molecule has 8 heteroatoms. The van der Waals surface area contributed by atoms with E-state index in [4.69, 9.17) is 4.74 Å². The fourth-order valence-electron chi connectivity index (χ4n) is 1.77. The molecule has 0 fully saturated rings. The Morgan fingerprint density at radius 1 is 1.17 bits per heavy atom. The Labute approximate surface area is 139 Å². The summed E-state index contributed by atoms with van der Waals surface area (Å²) in [6, 6.07) is 12.8. The van der Waals surface area contributed by atoms with E-state index in [-0.39, 0.29) is 23.3 Å². The first-order valence-corrected chi connectivity index (χ1v) is 9.22. The largest absolute Gasteiger partial charge is 0.367 e. The van der Waals surface area contributed by atoms with Crippen LogP contribution in [0.25, 0.3) is 0 Å². The van der Waals surface area contributed by atoms with Crippen LogP contribution in [0.1, 0.15) is 10.4 Å². The molecular formula is C15H18N2O4S2. The number of sulfonamides is 1. The Bertz CT molecular complexity index is 742. The summed E-state index contributed by atoms with van der Waals surface area (Å²) in [4.78, 5) is 12.5. The van der Waals surface area contributed by atoms with Crippen molar-refractivity contribution < 1.29 is 17.9 Å². The molecule has 0 bridgehead atoms. The maximum atomic E-state index is 11.7. The third-order valence-corrected chi connectivity index (χ3v) is 5.97. The van der Waals surface area contributed by atoms with E-state index in [1.807, 2.05) is 30.3 Å². The van der Waals surface area contributed by atoms with E-state index in [0.29, 0.717) is 6.61 Å². The van der Waals surface area contributed by atoms with Crippen molar-refractivity contribution in [3.63, 3.8) is 0 Å². The van der Waals surface area contributed by atoms with Crippen LogP contribution in [0.5, 0.6) is 0 Å². The highest BCUT2D eigenvalue weighted by molar-refractivity contribution is 7.91. The number of carbonyl (C=O) groups excluding carboxylic acids is 1. The maximum absolute atomic E-state index is 11.7. The Kier molecular flexibility index (Phi) is 6.28. The van der Waals surface area contributed by atoms with Crippen molar-refractivity contribution in [1.29, 1.82) is 0 Å². The molecule has 0 atom stereocenters. The molecule has 0 aliphatic rings. The third kappa shape index (κ3) is 5.43. The fraction of sp³-hybridized carbons (Fsp3) is 0.267. The number of hydrogen-bond acceptors (Lipinski definition) is 5. The Hall–Kier alpha value is -1.74. The topological polar surface area (TPSA) is 84.5 Å². The molecular weight excluding hydrogens is 336 g/mol. The average Bonchev–Trinajstić information content (AvgIpc) is 3.04. The molecule has 124 valence electrons. The molecule has 2 N–H and O–H groups in total. The van der Waals surface area contributed by atoms with Gasteiger partial charge in [-0.15, -0.1) is 11.3 Å². The minimum absolute atomic E-state index is 0.0397. The molecule has 6 nitrogen and oxygen atoms in total. The van der Waals surface area contributed by atoms with Crippen LogP contribution in [0.2, 0.25) is 0 Å². The molecule has 0 spiro atoms. The lowest BCUT2D eigenvalue weighted by molar-refractivity contribution is -0.126. The summed E-state index contributed by atoms with van der Waals surface area (Å²) < 4.78 is 31.1. The van der Waals surface area contributed by atoms with E-state index in [2.05, 4.69) is 10.0 Å². The van der Waals surface area contributed by atoms with Crippen LogP contribution in [0.3, 0.4) is 0 Å². The van der Waals surface area contributed by atoms with Gasteiger partial charge in [-0.3, -0.25) is 4.79 Å². The fourth-order valence-corrected chi connectivity index (χ4v) is 3.90. The van der Waals surface area contributed by atoms with Gasteiger partial charge in [0.2, 0.25) is 15.9 Å². The van der Waals surface area contributed by atoms with Gasteiger partial charge in [0.15, 0.2) is 0 Å². The quantitative estimate of drug-likeness (QED) is 0.752. The molecule has 0 aliphatic heterocycles. The monoisotopic (exact) mass is 354 g/mol.